The van der Waals surface area contributed by atoms with E-state index < -0.39 is 0 Å². The molecule has 0 saturated heterocycles. The summed E-state index contributed by atoms with van der Waals surface area (Å²) >= 11 is 0. The van der Waals surface area contributed by atoms with Crippen LogP contribution < -0.4 is 9.80 Å². The zero-order chi connectivity index (χ0) is 49.5. The number of aromatic nitrogens is 2. The van der Waals surface area contributed by atoms with Crippen molar-refractivity contribution in [3.8, 4) is 11.4 Å². The number of rotatable bonds is 10. The van der Waals surface area contributed by atoms with Crippen molar-refractivity contribution in [1.82, 2.24) is 9.13 Å². The fourth-order valence-electron chi connectivity index (χ4n) is 10.1. The summed E-state index contributed by atoms with van der Waals surface area (Å²) in [4.78, 5) is 4.45. The molecule has 4 heteroatoms. The molecule has 0 radical (unpaired) electrons. The van der Waals surface area contributed by atoms with E-state index >= 15 is 0 Å². The van der Waals surface area contributed by atoms with Gasteiger partial charge < -0.3 is 18.9 Å². The molecule has 10 aromatic rings. The van der Waals surface area contributed by atoms with Crippen LogP contribution in [-0.2, 0) is 23.7 Å². The van der Waals surface area contributed by atoms with E-state index in [2.05, 4.69) is 284 Å². The predicted octanol–water partition coefficient (Wildman–Crippen LogP) is 18.1. The Bertz CT molecular complexity index is 3250. The van der Waals surface area contributed by atoms with Crippen LogP contribution in [0.4, 0.5) is 22.7 Å². The Morgan fingerprint density at radius 2 is 0.657 bits per heavy atom. The smallest absolute Gasteiger partial charge is 0.0541 e. The van der Waals surface area contributed by atoms with Crippen molar-refractivity contribution < 1.29 is 0 Å². The van der Waals surface area contributed by atoms with E-state index in [0.29, 0.717) is 11.8 Å². The number of fused-ring (bicyclic) bond motifs is 6. The van der Waals surface area contributed by atoms with Gasteiger partial charge in [-0.15, -0.1) is 0 Å². The van der Waals surface area contributed by atoms with Crippen LogP contribution in [0.25, 0.3) is 55.0 Å². The monoisotopic (exact) mass is 921 g/mol. The minimum atomic E-state index is 0.105. The number of nitrogens with zero attached hydrogens (tertiary/aromatic N) is 4. The van der Waals surface area contributed by atoms with E-state index in [1.807, 2.05) is 0 Å². The number of hydrogen-bond acceptors (Lipinski definition) is 2. The second-order valence-corrected chi connectivity index (χ2v) is 22.4. The van der Waals surface area contributed by atoms with Gasteiger partial charge in [0.25, 0.3) is 0 Å². The van der Waals surface area contributed by atoms with Crippen LogP contribution in [0, 0.1) is 11.8 Å². The van der Waals surface area contributed by atoms with E-state index in [4.69, 9.17) is 0 Å². The Kier molecular flexibility index (Phi) is 13.3. The lowest BCUT2D eigenvalue weighted by Gasteiger charge is -2.20. The third-order valence-corrected chi connectivity index (χ3v) is 14.0. The summed E-state index contributed by atoms with van der Waals surface area (Å²) < 4.78 is 4.84. The van der Waals surface area contributed by atoms with Gasteiger partial charge in [-0.3, -0.25) is 0 Å². The van der Waals surface area contributed by atoms with Crippen molar-refractivity contribution in [3.05, 3.63) is 204 Å². The Balaban J connectivity index is 0.000000174. The van der Waals surface area contributed by atoms with Gasteiger partial charge in [0, 0.05) is 69.8 Å². The fraction of sp³-hybridized carbons (Fsp3) is 0.273. The van der Waals surface area contributed by atoms with Crippen LogP contribution in [0.15, 0.2) is 182 Å². The fourth-order valence-corrected chi connectivity index (χ4v) is 10.1. The minimum Gasteiger partial charge on any atom is -0.345 e. The topological polar surface area (TPSA) is 16.3 Å². The molecule has 0 bridgehead atoms. The van der Waals surface area contributed by atoms with E-state index in [0.717, 1.165) is 12.8 Å². The van der Waals surface area contributed by atoms with Crippen molar-refractivity contribution in [1.29, 1.82) is 0 Å². The molecule has 0 unspecified atom stereocenters. The van der Waals surface area contributed by atoms with E-state index in [1.165, 1.54) is 100.0 Å². The van der Waals surface area contributed by atoms with Crippen molar-refractivity contribution >= 4 is 66.4 Å². The van der Waals surface area contributed by atoms with Crippen molar-refractivity contribution in [2.75, 3.05) is 23.9 Å². The molecule has 0 spiro atoms. The van der Waals surface area contributed by atoms with E-state index in [9.17, 15) is 0 Å². The van der Waals surface area contributed by atoms with Crippen LogP contribution in [0.1, 0.15) is 91.5 Å². The van der Waals surface area contributed by atoms with Gasteiger partial charge >= 0.3 is 0 Å². The van der Waals surface area contributed by atoms with Gasteiger partial charge in [0.2, 0.25) is 0 Å². The second-order valence-electron chi connectivity index (χ2n) is 22.4. The van der Waals surface area contributed by atoms with Gasteiger partial charge in [-0.25, -0.2) is 0 Å². The van der Waals surface area contributed by atoms with E-state index in [1.54, 1.807) is 0 Å². The highest BCUT2D eigenvalue weighted by Gasteiger charge is 2.21. The molecule has 4 nitrogen and oxygen atoms in total. The summed E-state index contributed by atoms with van der Waals surface area (Å²) in [7, 11) is 4.24. The maximum Gasteiger partial charge on any atom is 0.0541 e. The van der Waals surface area contributed by atoms with Crippen LogP contribution in [-0.4, -0.2) is 23.2 Å². The van der Waals surface area contributed by atoms with Crippen LogP contribution in [0.5, 0.6) is 0 Å². The summed E-state index contributed by atoms with van der Waals surface area (Å²) in [5.74, 6) is 1.29. The average Bonchev–Trinajstić information content (AvgIpc) is 3.85. The molecule has 0 aliphatic heterocycles. The summed E-state index contributed by atoms with van der Waals surface area (Å²) in [5, 5.41) is 5.36. The van der Waals surface area contributed by atoms with E-state index in [-0.39, 0.29) is 10.8 Å². The maximum atomic E-state index is 2.43. The van der Waals surface area contributed by atoms with Crippen LogP contribution >= 0.6 is 0 Å². The molecule has 0 amide bonds. The van der Waals surface area contributed by atoms with Crippen molar-refractivity contribution in [3.63, 3.8) is 0 Å². The molecule has 10 rings (SSSR count). The molecule has 0 atom stereocenters. The Morgan fingerprint density at radius 3 is 0.971 bits per heavy atom. The zero-order valence-corrected chi connectivity index (χ0v) is 43.7. The van der Waals surface area contributed by atoms with Crippen molar-refractivity contribution in [2.24, 2.45) is 11.8 Å². The van der Waals surface area contributed by atoms with Gasteiger partial charge in [0.15, 0.2) is 0 Å². The first kappa shape index (κ1) is 48.0. The lowest BCUT2D eigenvalue weighted by atomic mass is 9.85. The summed E-state index contributed by atoms with van der Waals surface area (Å²) in [6.45, 7) is 22.9. The molecule has 356 valence electrons. The standard InChI is InChI=1S/2C33H36N2/c1-32(2,3)23-13-19-30-28(21-23)29-22-24(33(4,5)6)14-20-31(29)35(30)27-17-15-26(16-18-27)34(7)25-11-9-8-10-12-25;1-23(2)19-25-11-17-32-30(21-25)31-22-26(20-24(3)4)12-18-33(31)35(32)29-15-13-28(14-16-29)34(5)27-9-7-6-8-10-27/h8-22H,1-7H3;6-18,21-24H,19-20H2,1-5H3. The van der Waals surface area contributed by atoms with Gasteiger partial charge in [0.1, 0.15) is 0 Å². The molecule has 0 saturated carbocycles. The zero-order valence-electron chi connectivity index (χ0n) is 43.7. The van der Waals surface area contributed by atoms with Crippen molar-refractivity contribution in [2.45, 2.75) is 92.9 Å². The number of anilines is 4. The molecule has 0 N–H and O–H groups in total. The SMILES string of the molecule is CC(C)Cc1ccc2c(c1)c1cc(CC(C)C)ccc1n2-c1ccc(N(C)c2ccccc2)cc1.CN(c1ccccc1)c1ccc(-n2c3ccc(C(C)(C)C)cc3c3cc(C(C)(C)C)ccc32)cc1. The quantitative estimate of drug-likeness (QED) is 0.136. The first-order chi connectivity index (χ1) is 33.4. The van der Waals surface area contributed by atoms with Gasteiger partial charge in [-0.1, -0.05) is 130 Å². The molecule has 2 aromatic heterocycles. The third kappa shape index (κ3) is 9.88. The average molecular weight is 921 g/mol. The highest BCUT2D eigenvalue weighted by Crippen LogP contribution is 2.39. The molecular weight excluding hydrogens is 849 g/mol. The number of benzene rings is 8. The largest absolute Gasteiger partial charge is 0.345 e. The Morgan fingerprint density at radius 1 is 0.357 bits per heavy atom. The third-order valence-electron chi connectivity index (χ3n) is 14.0. The highest BCUT2D eigenvalue weighted by molar-refractivity contribution is 6.11. The summed E-state index contributed by atoms with van der Waals surface area (Å²) in [6.07, 6.45) is 2.21. The second kappa shape index (κ2) is 19.4. The summed E-state index contributed by atoms with van der Waals surface area (Å²) in [5.41, 5.74) is 17.9. The number of hydrogen-bond donors (Lipinski definition) is 0. The molecule has 2 heterocycles. The molecule has 0 fully saturated rings. The minimum absolute atomic E-state index is 0.105. The lowest BCUT2D eigenvalue weighted by Crippen LogP contribution is -2.10. The highest BCUT2D eigenvalue weighted by atomic mass is 15.1. The van der Waals surface area contributed by atoms with Gasteiger partial charge in [-0.2, -0.15) is 0 Å². The van der Waals surface area contributed by atoms with Crippen LogP contribution in [0.2, 0.25) is 0 Å². The molecule has 0 aliphatic carbocycles. The lowest BCUT2D eigenvalue weighted by molar-refractivity contribution is 0.590. The number of para-hydroxylation sites is 2. The Hall–Kier alpha value is -7.04. The normalized spacial score (nSPS) is 12.1. The molecule has 0 aliphatic rings. The van der Waals surface area contributed by atoms with Gasteiger partial charge in [-0.05, 0) is 179 Å². The molecular formula is C66H72N4. The first-order valence-electron chi connectivity index (χ1n) is 25.4. The van der Waals surface area contributed by atoms with Gasteiger partial charge in [0.05, 0.1) is 22.1 Å². The summed E-state index contributed by atoms with van der Waals surface area (Å²) in [6, 6.07) is 66.9. The molecule has 8 aromatic carbocycles. The maximum absolute atomic E-state index is 2.43. The van der Waals surface area contributed by atoms with Crippen LogP contribution in [0.3, 0.4) is 0 Å². The Labute approximate surface area is 417 Å². The predicted molar refractivity (Wildman–Crippen MR) is 305 cm³/mol. The first-order valence-corrected chi connectivity index (χ1v) is 25.4. The molecule has 70 heavy (non-hydrogen) atoms.